The maximum Gasteiger partial charge on any atom is 0.219 e. The van der Waals surface area contributed by atoms with Crippen LogP contribution < -0.4 is 11.1 Å². The smallest absolute Gasteiger partial charge is 0.219 e. The molecule has 0 aliphatic carbocycles. The molecule has 0 atom stereocenters. The molecule has 1 aromatic rings. The first-order valence-electron chi connectivity index (χ1n) is 4.54. The van der Waals surface area contributed by atoms with Crippen molar-refractivity contribution in [3.8, 4) is 0 Å². The quantitative estimate of drug-likeness (QED) is 0.833. The summed E-state index contributed by atoms with van der Waals surface area (Å²) in [6, 6.07) is 0. The first-order chi connectivity index (χ1) is 7.32. The second kappa shape index (κ2) is 4.97. The van der Waals surface area contributed by atoms with Gasteiger partial charge in [-0.05, 0) is 29.8 Å². The van der Waals surface area contributed by atoms with Crippen molar-refractivity contribution in [1.29, 1.82) is 0 Å². The fraction of sp³-hybridized carbons (Fsp3) is 0.444. The number of hydrogen-bond donors (Lipinski definition) is 2. The van der Waals surface area contributed by atoms with Gasteiger partial charge in [0.05, 0.1) is 4.47 Å². The zero-order valence-corrected chi connectivity index (χ0v) is 11.3. The normalized spacial score (nSPS) is 11.2. The maximum atomic E-state index is 10.9. The molecule has 0 aliphatic heterocycles. The second-order valence-corrected chi connectivity index (χ2v) is 5.13. The van der Waals surface area contributed by atoms with E-state index >= 15 is 0 Å². The summed E-state index contributed by atoms with van der Waals surface area (Å²) in [7, 11) is 0. The number of anilines is 1. The number of rotatable bonds is 4. The van der Waals surface area contributed by atoms with Crippen LogP contribution in [-0.2, 0) is 4.79 Å². The number of primary amides is 1. The van der Waals surface area contributed by atoms with Crippen LogP contribution in [0.4, 0.5) is 5.82 Å². The molecule has 0 radical (unpaired) electrons. The van der Waals surface area contributed by atoms with Crippen molar-refractivity contribution in [3.63, 3.8) is 0 Å². The van der Waals surface area contributed by atoms with Crippen molar-refractivity contribution in [2.75, 3.05) is 5.32 Å². The minimum absolute atomic E-state index is 0.195. The third-order valence-electron chi connectivity index (χ3n) is 1.82. The fourth-order valence-electron chi connectivity index (χ4n) is 1.24. The highest BCUT2D eigenvalue weighted by atomic mass is 79.9. The van der Waals surface area contributed by atoms with Crippen molar-refractivity contribution in [2.24, 2.45) is 5.73 Å². The molecular weight excluding hydrogens is 295 g/mol. The lowest BCUT2D eigenvalue weighted by Crippen LogP contribution is -2.36. The van der Waals surface area contributed by atoms with E-state index in [0.29, 0.717) is 15.4 Å². The lowest BCUT2D eigenvalue weighted by molar-refractivity contribution is -0.118. The molecule has 0 aliphatic rings. The highest BCUT2D eigenvalue weighted by Crippen LogP contribution is 2.28. The van der Waals surface area contributed by atoms with Crippen molar-refractivity contribution in [1.82, 2.24) is 9.97 Å². The number of aromatic nitrogens is 2. The second-order valence-electron chi connectivity index (χ2n) is 3.98. The third kappa shape index (κ3) is 3.61. The Morgan fingerprint density at radius 2 is 2.25 bits per heavy atom. The minimum Gasteiger partial charge on any atom is -0.370 e. The number of nitrogens with two attached hydrogens (primary N) is 1. The van der Waals surface area contributed by atoms with E-state index < -0.39 is 5.54 Å². The lowest BCUT2D eigenvalue weighted by atomic mass is 10.0. The summed E-state index contributed by atoms with van der Waals surface area (Å²) in [4.78, 5) is 18.7. The summed E-state index contributed by atoms with van der Waals surface area (Å²) < 4.78 is 0.564. The van der Waals surface area contributed by atoms with Crippen molar-refractivity contribution < 1.29 is 4.79 Å². The predicted octanol–water partition coefficient (Wildman–Crippen LogP) is 1.96. The molecule has 0 aromatic carbocycles. The molecule has 1 aromatic heterocycles. The van der Waals surface area contributed by atoms with Crippen molar-refractivity contribution in [3.05, 3.63) is 16.0 Å². The highest BCUT2D eigenvalue weighted by molar-refractivity contribution is 9.10. The SMILES string of the molecule is CC(C)(CC(N)=O)Nc1ncnc(Cl)c1Br. The van der Waals surface area contributed by atoms with Gasteiger partial charge in [0.1, 0.15) is 17.3 Å². The van der Waals surface area contributed by atoms with Gasteiger partial charge in [-0.3, -0.25) is 4.79 Å². The number of carbonyl (C=O) groups excluding carboxylic acids is 1. The van der Waals surface area contributed by atoms with Gasteiger partial charge in [-0.2, -0.15) is 0 Å². The van der Waals surface area contributed by atoms with Crippen molar-refractivity contribution in [2.45, 2.75) is 25.8 Å². The van der Waals surface area contributed by atoms with E-state index in [1.165, 1.54) is 6.33 Å². The van der Waals surface area contributed by atoms with Gasteiger partial charge < -0.3 is 11.1 Å². The standard InChI is InChI=1S/C9H12BrClN4O/c1-9(2,3-5(12)16)15-8-6(10)7(11)13-4-14-8/h4H,3H2,1-2H3,(H2,12,16)(H,13,14,15). The highest BCUT2D eigenvalue weighted by Gasteiger charge is 2.22. The topological polar surface area (TPSA) is 80.9 Å². The summed E-state index contributed by atoms with van der Waals surface area (Å²) in [5.41, 5.74) is 4.66. The fourth-order valence-corrected chi connectivity index (χ4v) is 1.67. The molecule has 16 heavy (non-hydrogen) atoms. The van der Waals surface area contributed by atoms with Crippen LogP contribution in [0.3, 0.4) is 0 Å². The average Bonchev–Trinajstić information content (AvgIpc) is 2.10. The molecule has 5 nitrogen and oxygen atoms in total. The average molecular weight is 308 g/mol. The Hall–Kier alpha value is -0.880. The molecule has 0 bridgehead atoms. The summed E-state index contributed by atoms with van der Waals surface area (Å²) >= 11 is 9.08. The van der Waals surface area contributed by atoms with E-state index in [1.54, 1.807) is 0 Å². The van der Waals surface area contributed by atoms with Crippen LogP contribution in [0.25, 0.3) is 0 Å². The van der Waals surface area contributed by atoms with E-state index in [2.05, 4.69) is 31.2 Å². The largest absolute Gasteiger partial charge is 0.370 e. The first kappa shape index (κ1) is 13.2. The molecular formula is C9H12BrClN4O. The van der Waals surface area contributed by atoms with Gasteiger partial charge in [-0.25, -0.2) is 9.97 Å². The Labute approximate surface area is 107 Å². The molecule has 7 heteroatoms. The van der Waals surface area contributed by atoms with E-state index in [9.17, 15) is 4.79 Å². The van der Waals surface area contributed by atoms with Gasteiger partial charge in [0, 0.05) is 12.0 Å². The zero-order valence-electron chi connectivity index (χ0n) is 8.92. The van der Waals surface area contributed by atoms with Crippen molar-refractivity contribution >= 4 is 39.3 Å². The zero-order chi connectivity index (χ0) is 12.3. The Kier molecular flexibility index (Phi) is 4.09. The van der Waals surface area contributed by atoms with Gasteiger partial charge >= 0.3 is 0 Å². The van der Waals surface area contributed by atoms with Crippen LogP contribution in [0.15, 0.2) is 10.8 Å². The van der Waals surface area contributed by atoms with E-state index in [0.717, 1.165) is 0 Å². The molecule has 1 heterocycles. The number of halogens is 2. The summed E-state index contributed by atoms with van der Waals surface area (Å²) in [6.45, 7) is 3.69. The monoisotopic (exact) mass is 306 g/mol. The van der Waals surface area contributed by atoms with Crippen LogP contribution in [0.1, 0.15) is 20.3 Å². The number of nitrogens with one attached hydrogen (secondary N) is 1. The molecule has 0 fully saturated rings. The van der Waals surface area contributed by atoms with Crippen LogP contribution in [-0.4, -0.2) is 21.4 Å². The molecule has 0 saturated carbocycles. The molecule has 0 unspecified atom stereocenters. The van der Waals surface area contributed by atoms with E-state index in [1.807, 2.05) is 13.8 Å². The lowest BCUT2D eigenvalue weighted by Gasteiger charge is -2.25. The Bertz CT molecular complexity index is 410. The molecule has 1 amide bonds. The number of nitrogens with zero attached hydrogens (tertiary/aromatic N) is 2. The van der Waals surface area contributed by atoms with Crippen LogP contribution in [0.5, 0.6) is 0 Å². The summed E-state index contributed by atoms with van der Waals surface area (Å²) in [5, 5.41) is 3.39. The number of carbonyl (C=O) groups is 1. The Morgan fingerprint density at radius 3 is 2.81 bits per heavy atom. The van der Waals surface area contributed by atoms with E-state index in [-0.39, 0.29) is 12.3 Å². The molecule has 0 saturated heterocycles. The summed E-state index contributed by atoms with van der Waals surface area (Å²) in [5.74, 6) is 0.153. The van der Waals surface area contributed by atoms with E-state index in [4.69, 9.17) is 17.3 Å². The third-order valence-corrected chi connectivity index (χ3v) is 3.09. The molecule has 88 valence electrons. The van der Waals surface area contributed by atoms with Gasteiger partial charge in [0.15, 0.2) is 0 Å². The Balaban J connectivity index is 2.87. The van der Waals surface area contributed by atoms with Gasteiger partial charge in [0.25, 0.3) is 0 Å². The summed E-state index contributed by atoms with van der Waals surface area (Å²) in [6.07, 6.45) is 1.54. The molecule has 3 N–H and O–H groups in total. The number of amides is 1. The predicted molar refractivity (Wildman–Crippen MR) is 66.3 cm³/mol. The van der Waals surface area contributed by atoms with Crippen LogP contribution in [0, 0.1) is 0 Å². The van der Waals surface area contributed by atoms with Crippen LogP contribution >= 0.6 is 27.5 Å². The molecule has 1 rings (SSSR count). The van der Waals surface area contributed by atoms with Gasteiger partial charge in [-0.15, -0.1) is 0 Å². The first-order valence-corrected chi connectivity index (χ1v) is 5.71. The maximum absolute atomic E-state index is 10.9. The molecule has 0 spiro atoms. The van der Waals surface area contributed by atoms with Gasteiger partial charge in [0.2, 0.25) is 5.91 Å². The number of hydrogen-bond acceptors (Lipinski definition) is 4. The Morgan fingerprint density at radius 1 is 1.62 bits per heavy atom. The van der Waals surface area contributed by atoms with Crippen LogP contribution in [0.2, 0.25) is 5.15 Å². The minimum atomic E-state index is -0.494. The van der Waals surface area contributed by atoms with Gasteiger partial charge in [-0.1, -0.05) is 11.6 Å².